The van der Waals surface area contributed by atoms with Crippen molar-refractivity contribution in [2.45, 2.75) is 13.0 Å². The molecule has 74 valence electrons. The standard InChI is InChI=1S/C10H11NO3/c1-7(12)9(11-10(13)14)8-5-3-2-4-6-8/h2-6,9,11H,1H3,(H,13,14). The maximum absolute atomic E-state index is 11.2. The van der Waals surface area contributed by atoms with Crippen LogP contribution in [0.15, 0.2) is 30.3 Å². The van der Waals surface area contributed by atoms with E-state index in [1.165, 1.54) is 6.92 Å². The molecule has 1 rings (SSSR count). The van der Waals surface area contributed by atoms with Gasteiger partial charge < -0.3 is 10.4 Å². The number of Topliss-reactive ketones (excluding diaryl/α,β-unsaturated/α-hetero) is 1. The zero-order chi connectivity index (χ0) is 10.6. The lowest BCUT2D eigenvalue weighted by Gasteiger charge is -2.13. The van der Waals surface area contributed by atoms with Crippen LogP contribution in [0.25, 0.3) is 0 Å². The number of ketones is 1. The summed E-state index contributed by atoms with van der Waals surface area (Å²) < 4.78 is 0. The molecule has 0 fully saturated rings. The van der Waals surface area contributed by atoms with Crippen LogP contribution < -0.4 is 5.32 Å². The molecule has 0 aromatic heterocycles. The Morgan fingerprint density at radius 2 is 1.86 bits per heavy atom. The number of carbonyl (C=O) groups excluding carboxylic acids is 1. The molecular weight excluding hydrogens is 182 g/mol. The quantitative estimate of drug-likeness (QED) is 0.765. The number of nitrogens with one attached hydrogen (secondary N) is 1. The third-order valence-corrected chi connectivity index (χ3v) is 1.81. The molecule has 0 heterocycles. The van der Waals surface area contributed by atoms with Crippen LogP contribution in [0.2, 0.25) is 0 Å². The van der Waals surface area contributed by atoms with Crippen molar-refractivity contribution in [3.63, 3.8) is 0 Å². The Kier molecular flexibility index (Phi) is 3.23. The minimum absolute atomic E-state index is 0.224. The molecule has 0 bridgehead atoms. The molecule has 1 atom stereocenters. The molecule has 2 N–H and O–H groups in total. The van der Waals surface area contributed by atoms with Gasteiger partial charge in [-0.3, -0.25) is 4.79 Å². The van der Waals surface area contributed by atoms with Gasteiger partial charge in [0.25, 0.3) is 0 Å². The van der Waals surface area contributed by atoms with Crippen molar-refractivity contribution in [2.75, 3.05) is 0 Å². The van der Waals surface area contributed by atoms with E-state index in [-0.39, 0.29) is 5.78 Å². The molecule has 4 nitrogen and oxygen atoms in total. The fraction of sp³-hybridized carbons (Fsp3) is 0.200. The van der Waals surface area contributed by atoms with Crippen LogP contribution in [-0.4, -0.2) is 17.0 Å². The molecule has 1 amide bonds. The van der Waals surface area contributed by atoms with Crippen molar-refractivity contribution in [1.29, 1.82) is 0 Å². The summed E-state index contributed by atoms with van der Waals surface area (Å²) >= 11 is 0. The second-order valence-corrected chi connectivity index (χ2v) is 2.90. The fourth-order valence-corrected chi connectivity index (χ4v) is 1.19. The molecule has 0 saturated carbocycles. The number of hydrogen-bond acceptors (Lipinski definition) is 2. The Bertz CT molecular complexity index is 334. The fourth-order valence-electron chi connectivity index (χ4n) is 1.19. The first-order valence-electron chi connectivity index (χ1n) is 4.16. The lowest BCUT2D eigenvalue weighted by Crippen LogP contribution is -2.31. The number of rotatable bonds is 3. The predicted octanol–water partition coefficient (Wildman–Crippen LogP) is 1.58. The highest BCUT2D eigenvalue weighted by atomic mass is 16.4. The van der Waals surface area contributed by atoms with E-state index >= 15 is 0 Å². The van der Waals surface area contributed by atoms with Gasteiger partial charge >= 0.3 is 6.09 Å². The van der Waals surface area contributed by atoms with Gasteiger partial charge in [0.2, 0.25) is 0 Å². The molecule has 0 radical (unpaired) electrons. The molecule has 1 aromatic carbocycles. The first-order valence-corrected chi connectivity index (χ1v) is 4.16. The molecule has 0 spiro atoms. The summed E-state index contributed by atoms with van der Waals surface area (Å²) in [5.41, 5.74) is 0.655. The van der Waals surface area contributed by atoms with Crippen LogP contribution in [0.4, 0.5) is 4.79 Å². The van der Waals surface area contributed by atoms with E-state index in [0.29, 0.717) is 5.56 Å². The average Bonchev–Trinajstić information content (AvgIpc) is 2.15. The zero-order valence-electron chi connectivity index (χ0n) is 7.73. The number of benzene rings is 1. The minimum atomic E-state index is -1.20. The largest absolute Gasteiger partial charge is 0.465 e. The van der Waals surface area contributed by atoms with Gasteiger partial charge in [-0.15, -0.1) is 0 Å². The third kappa shape index (κ3) is 2.58. The van der Waals surface area contributed by atoms with Gasteiger partial charge in [0.15, 0.2) is 5.78 Å². The highest BCUT2D eigenvalue weighted by Crippen LogP contribution is 2.12. The summed E-state index contributed by atoms with van der Waals surface area (Å²) in [7, 11) is 0. The lowest BCUT2D eigenvalue weighted by molar-refractivity contribution is -0.119. The van der Waals surface area contributed by atoms with Crippen molar-refractivity contribution in [3.8, 4) is 0 Å². The van der Waals surface area contributed by atoms with Crippen molar-refractivity contribution < 1.29 is 14.7 Å². The predicted molar refractivity (Wildman–Crippen MR) is 51.0 cm³/mol. The topological polar surface area (TPSA) is 66.4 Å². The summed E-state index contributed by atoms with van der Waals surface area (Å²) in [5, 5.41) is 10.7. The Morgan fingerprint density at radius 1 is 1.29 bits per heavy atom. The molecule has 4 heteroatoms. The number of hydrogen-bond donors (Lipinski definition) is 2. The summed E-state index contributed by atoms with van der Waals surface area (Å²) in [6, 6.07) is 7.98. The molecule has 1 unspecified atom stereocenters. The maximum Gasteiger partial charge on any atom is 0.405 e. The molecule has 0 aliphatic carbocycles. The SMILES string of the molecule is CC(=O)C(NC(=O)O)c1ccccc1. The lowest BCUT2D eigenvalue weighted by atomic mass is 10.0. The Labute approximate surface area is 81.6 Å². The van der Waals surface area contributed by atoms with Crippen LogP contribution >= 0.6 is 0 Å². The van der Waals surface area contributed by atoms with E-state index in [2.05, 4.69) is 5.32 Å². The van der Waals surface area contributed by atoms with Crippen molar-refractivity contribution in [3.05, 3.63) is 35.9 Å². The smallest absolute Gasteiger partial charge is 0.405 e. The van der Waals surface area contributed by atoms with Crippen molar-refractivity contribution >= 4 is 11.9 Å². The molecular formula is C10H11NO3. The highest BCUT2D eigenvalue weighted by molar-refractivity contribution is 5.86. The van der Waals surface area contributed by atoms with Crippen LogP contribution in [0.5, 0.6) is 0 Å². The summed E-state index contributed by atoms with van der Waals surface area (Å²) in [6.45, 7) is 1.35. The van der Waals surface area contributed by atoms with Gasteiger partial charge in [-0.1, -0.05) is 30.3 Å². The second-order valence-electron chi connectivity index (χ2n) is 2.90. The third-order valence-electron chi connectivity index (χ3n) is 1.81. The van der Waals surface area contributed by atoms with Crippen LogP contribution in [0, 0.1) is 0 Å². The van der Waals surface area contributed by atoms with Crippen LogP contribution in [-0.2, 0) is 4.79 Å². The molecule has 0 saturated heterocycles. The minimum Gasteiger partial charge on any atom is -0.465 e. The summed E-state index contributed by atoms with van der Waals surface area (Å²) in [6.07, 6.45) is -1.20. The van der Waals surface area contributed by atoms with Crippen molar-refractivity contribution in [2.24, 2.45) is 0 Å². The Hall–Kier alpha value is -1.84. The number of carbonyl (C=O) groups is 2. The van der Waals surface area contributed by atoms with Crippen LogP contribution in [0.3, 0.4) is 0 Å². The first-order chi connectivity index (χ1) is 6.61. The van der Waals surface area contributed by atoms with E-state index in [1.807, 2.05) is 6.07 Å². The van der Waals surface area contributed by atoms with Gasteiger partial charge in [-0.2, -0.15) is 0 Å². The number of carboxylic acid groups (broad SMARTS) is 1. The maximum atomic E-state index is 11.2. The Morgan fingerprint density at radius 3 is 2.29 bits per heavy atom. The molecule has 1 aromatic rings. The molecule has 0 aliphatic rings. The molecule has 0 aliphatic heterocycles. The normalized spacial score (nSPS) is 11.8. The first kappa shape index (κ1) is 10.2. The zero-order valence-corrected chi connectivity index (χ0v) is 7.73. The van der Waals surface area contributed by atoms with Gasteiger partial charge in [0, 0.05) is 0 Å². The van der Waals surface area contributed by atoms with Crippen LogP contribution in [0.1, 0.15) is 18.5 Å². The van der Waals surface area contributed by atoms with E-state index in [0.717, 1.165) is 0 Å². The summed E-state index contributed by atoms with van der Waals surface area (Å²) in [4.78, 5) is 21.6. The highest BCUT2D eigenvalue weighted by Gasteiger charge is 2.17. The van der Waals surface area contributed by atoms with Gasteiger partial charge in [-0.05, 0) is 12.5 Å². The van der Waals surface area contributed by atoms with E-state index in [9.17, 15) is 9.59 Å². The van der Waals surface area contributed by atoms with Gasteiger partial charge in [0.05, 0.1) is 0 Å². The van der Waals surface area contributed by atoms with E-state index in [4.69, 9.17) is 5.11 Å². The number of amides is 1. The summed E-state index contributed by atoms with van der Waals surface area (Å²) in [5.74, 6) is -0.224. The second kappa shape index (κ2) is 4.41. The van der Waals surface area contributed by atoms with E-state index < -0.39 is 12.1 Å². The van der Waals surface area contributed by atoms with Gasteiger partial charge in [-0.25, -0.2) is 4.79 Å². The van der Waals surface area contributed by atoms with E-state index in [1.54, 1.807) is 24.3 Å². The monoisotopic (exact) mass is 193 g/mol. The van der Waals surface area contributed by atoms with Crippen molar-refractivity contribution in [1.82, 2.24) is 5.32 Å². The Balaban J connectivity index is 2.89. The average molecular weight is 193 g/mol. The molecule has 14 heavy (non-hydrogen) atoms. The van der Waals surface area contributed by atoms with Gasteiger partial charge in [0.1, 0.15) is 6.04 Å².